The molecule has 2 aliphatic rings. The van der Waals surface area contributed by atoms with Crippen molar-refractivity contribution in [3.8, 4) is 5.75 Å². The van der Waals surface area contributed by atoms with Crippen LogP contribution >= 0.6 is 0 Å². The lowest BCUT2D eigenvalue weighted by molar-refractivity contribution is 0.0711. The zero-order valence-corrected chi connectivity index (χ0v) is 16.5. The van der Waals surface area contributed by atoms with Crippen molar-refractivity contribution in [1.82, 2.24) is 14.9 Å². The minimum absolute atomic E-state index is 0.0860. The third kappa shape index (κ3) is 3.28. The van der Waals surface area contributed by atoms with Crippen LogP contribution in [0.25, 0.3) is 11.0 Å². The SMILES string of the molecule is COc1cccc(C(=O)N2CCC3CCN(c4cnc5ccccc5n4)CC32)c1. The average molecular weight is 388 g/mol. The molecule has 0 spiro atoms. The van der Waals surface area contributed by atoms with E-state index in [-0.39, 0.29) is 11.9 Å². The van der Waals surface area contributed by atoms with Crippen LogP contribution in [0.2, 0.25) is 0 Å². The highest BCUT2D eigenvalue weighted by Crippen LogP contribution is 2.34. The summed E-state index contributed by atoms with van der Waals surface area (Å²) < 4.78 is 5.29. The second-order valence-corrected chi connectivity index (χ2v) is 7.80. The molecule has 1 aromatic heterocycles. The van der Waals surface area contributed by atoms with Gasteiger partial charge in [0, 0.05) is 25.2 Å². The van der Waals surface area contributed by atoms with Crippen LogP contribution in [0, 0.1) is 5.92 Å². The van der Waals surface area contributed by atoms with Crippen molar-refractivity contribution in [3.63, 3.8) is 0 Å². The van der Waals surface area contributed by atoms with Crippen LogP contribution in [0.5, 0.6) is 5.75 Å². The monoisotopic (exact) mass is 388 g/mol. The summed E-state index contributed by atoms with van der Waals surface area (Å²) in [5.74, 6) is 2.24. The van der Waals surface area contributed by atoms with Crippen molar-refractivity contribution >= 4 is 22.8 Å². The first kappa shape index (κ1) is 17.9. The quantitative estimate of drug-likeness (QED) is 0.688. The predicted octanol–water partition coefficient (Wildman–Crippen LogP) is 3.38. The molecule has 5 rings (SSSR count). The molecule has 0 saturated carbocycles. The predicted molar refractivity (Wildman–Crippen MR) is 112 cm³/mol. The fraction of sp³-hybridized carbons (Fsp3) is 0.348. The van der Waals surface area contributed by atoms with Gasteiger partial charge in [-0.15, -0.1) is 0 Å². The van der Waals surface area contributed by atoms with E-state index in [1.165, 1.54) is 0 Å². The smallest absolute Gasteiger partial charge is 0.254 e. The van der Waals surface area contributed by atoms with Gasteiger partial charge in [-0.1, -0.05) is 18.2 Å². The second-order valence-electron chi connectivity index (χ2n) is 7.80. The first-order valence-electron chi connectivity index (χ1n) is 10.1. The number of anilines is 1. The molecule has 0 bridgehead atoms. The standard InChI is InChI=1S/C23H24N4O2/c1-29-18-6-4-5-17(13-18)23(28)27-12-10-16-9-11-26(15-21(16)27)22-14-24-19-7-2-3-8-20(19)25-22/h2-8,13-14,16,21H,9-12,15H2,1H3. The van der Waals surface area contributed by atoms with E-state index in [0.717, 1.165) is 49.3 Å². The van der Waals surface area contributed by atoms with E-state index in [1.807, 2.05) is 59.6 Å². The number of rotatable bonds is 3. The summed E-state index contributed by atoms with van der Waals surface area (Å²) in [6.45, 7) is 2.56. The number of nitrogens with zero attached hydrogens (tertiary/aromatic N) is 4. The lowest BCUT2D eigenvalue weighted by Crippen LogP contribution is -2.50. The topological polar surface area (TPSA) is 58.6 Å². The molecule has 0 aliphatic carbocycles. The molecule has 3 aromatic rings. The van der Waals surface area contributed by atoms with Crippen LogP contribution < -0.4 is 9.64 Å². The number of ether oxygens (including phenoxy) is 1. The molecule has 0 radical (unpaired) electrons. The van der Waals surface area contributed by atoms with Crippen molar-refractivity contribution < 1.29 is 9.53 Å². The Morgan fingerprint density at radius 3 is 2.76 bits per heavy atom. The minimum Gasteiger partial charge on any atom is -0.497 e. The molecule has 6 nitrogen and oxygen atoms in total. The number of carbonyl (C=O) groups is 1. The Morgan fingerprint density at radius 1 is 1.07 bits per heavy atom. The first-order chi connectivity index (χ1) is 14.2. The molecule has 6 heteroatoms. The van der Waals surface area contributed by atoms with Crippen LogP contribution in [-0.2, 0) is 0 Å². The Hall–Kier alpha value is -3.15. The summed E-state index contributed by atoms with van der Waals surface area (Å²) in [7, 11) is 1.62. The Labute approximate surface area is 170 Å². The number of aromatic nitrogens is 2. The van der Waals surface area contributed by atoms with Crippen LogP contribution in [0.4, 0.5) is 5.82 Å². The zero-order valence-electron chi connectivity index (χ0n) is 16.5. The van der Waals surface area contributed by atoms with Crippen LogP contribution in [0.1, 0.15) is 23.2 Å². The number of benzene rings is 2. The van der Waals surface area contributed by atoms with Crippen molar-refractivity contribution in [2.24, 2.45) is 5.92 Å². The number of piperidine rings is 1. The number of carbonyl (C=O) groups excluding carboxylic acids is 1. The highest BCUT2D eigenvalue weighted by molar-refractivity contribution is 5.95. The van der Waals surface area contributed by atoms with E-state index in [2.05, 4.69) is 9.88 Å². The fourth-order valence-corrected chi connectivity index (χ4v) is 4.62. The van der Waals surface area contributed by atoms with Gasteiger partial charge in [0.2, 0.25) is 0 Å². The molecule has 3 heterocycles. The molecule has 0 N–H and O–H groups in total. The Bertz CT molecular complexity index is 1050. The van der Waals surface area contributed by atoms with E-state index >= 15 is 0 Å². The van der Waals surface area contributed by atoms with E-state index in [1.54, 1.807) is 7.11 Å². The molecular weight excluding hydrogens is 364 g/mol. The van der Waals surface area contributed by atoms with Crippen LogP contribution in [0.3, 0.4) is 0 Å². The lowest BCUT2D eigenvalue weighted by atomic mass is 9.92. The van der Waals surface area contributed by atoms with Crippen molar-refractivity contribution in [2.45, 2.75) is 18.9 Å². The average Bonchev–Trinajstić information content (AvgIpc) is 3.21. The number of hydrogen-bond acceptors (Lipinski definition) is 5. The van der Waals surface area contributed by atoms with Gasteiger partial charge in [-0.05, 0) is 49.1 Å². The maximum Gasteiger partial charge on any atom is 0.254 e. The largest absolute Gasteiger partial charge is 0.497 e. The Morgan fingerprint density at radius 2 is 1.90 bits per heavy atom. The summed E-state index contributed by atoms with van der Waals surface area (Å²) in [5.41, 5.74) is 2.50. The van der Waals surface area contributed by atoms with Gasteiger partial charge in [0.15, 0.2) is 0 Å². The molecule has 2 unspecified atom stereocenters. The molecule has 2 aromatic carbocycles. The summed E-state index contributed by atoms with van der Waals surface area (Å²) in [6, 6.07) is 15.6. The number of fused-ring (bicyclic) bond motifs is 2. The van der Waals surface area contributed by atoms with Gasteiger partial charge in [0.05, 0.1) is 30.4 Å². The summed E-state index contributed by atoms with van der Waals surface area (Å²) >= 11 is 0. The molecule has 2 atom stereocenters. The third-order valence-electron chi connectivity index (χ3n) is 6.20. The molecule has 148 valence electrons. The summed E-state index contributed by atoms with van der Waals surface area (Å²) in [4.78, 5) is 26.9. The first-order valence-corrected chi connectivity index (χ1v) is 10.1. The minimum atomic E-state index is 0.0860. The number of methoxy groups -OCH3 is 1. The lowest BCUT2D eigenvalue weighted by Gasteiger charge is -2.39. The molecule has 2 saturated heterocycles. The second kappa shape index (κ2) is 7.35. The number of amides is 1. The number of hydrogen-bond donors (Lipinski definition) is 0. The fourth-order valence-electron chi connectivity index (χ4n) is 4.62. The van der Waals surface area contributed by atoms with Crippen LogP contribution in [0.15, 0.2) is 54.7 Å². The van der Waals surface area contributed by atoms with E-state index < -0.39 is 0 Å². The summed E-state index contributed by atoms with van der Waals surface area (Å²) in [5, 5.41) is 0. The van der Waals surface area contributed by atoms with Crippen molar-refractivity contribution in [3.05, 3.63) is 60.3 Å². The van der Waals surface area contributed by atoms with E-state index in [0.29, 0.717) is 17.2 Å². The van der Waals surface area contributed by atoms with E-state index in [4.69, 9.17) is 9.72 Å². The molecule has 2 aliphatic heterocycles. The molecular formula is C23H24N4O2. The molecule has 1 amide bonds. The summed E-state index contributed by atoms with van der Waals surface area (Å²) in [6.07, 6.45) is 3.99. The van der Waals surface area contributed by atoms with Gasteiger partial charge in [0.25, 0.3) is 5.91 Å². The highest BCUT2D eigenvalue weighted by atomic mass is 16.5. The van der Waals surface area contributed by atoms with Crippen LogP contribution in [-0.4, -0.2) is 53.6 Å². The Kier molecular flexibility index (Phi) is 4.54. The van der Waals surface area contributed by atoms with E-state index in [9.17, 15) is 4.79 Å². The Balaban J connectivity index is 1.38. The van der Waals surface area contributed by atoms with Gasteiger partial charge in [-0.25, -0.2) is 4.98 Å². The van der Waals surface area contributed by atoms with Gasteiger partial charge < -0.3 is 14.5 Å². The maximum absolute atomic E-state index is 13.2. The van der Waals surface area contributed by atoms with Gasteiger partial charge in [-0.3, -0.25) is 9.78 Å². The number of likely N-dealkylation sites (tertiary alicyclic amines) is 1. The zero-order chi connectivity index (χ0) is 19.8. The number of para-hydroxylation sites is 2. The molecule has 29 heavy (non-hydrogen) atoms. The molecule has 2 fully saturated rings. The van der Waals surface area contributed by atoms with Gasteiger partial charge >= 0.3 is 0 Å². The van der Waals surface area contributed by atoms with Crippen molar-refractivity contribution in [2.75, 3.05) is 31.6 Å². The normalized spacial score (nSPS) is 21.3. The third-order valence-corrected chi connectivity index (χ3v) is 6.20. The highest BCUT2D eigenvalue weighted by Gasteiger charge is 2.41. The van der Waals surface area contributed by atoms with Crippen molar-refractivity contribution in [1.29, 1.82) is 0 Å². The van der Waals surface area contributed by atoms with Gasteiger partial charge in [0.1, 0.15) is 11.6 Å². The maximum atomic E-state index is 13.2. The van der Waals surface area contributed by atoms with Gasteiger partial charge in [-0.2, -0.15) is 0 Å².